The Hall–Kier alpha value is -1.75. The predicted molar refractivity (Wildman–Crippen MR) is 80.0 cm³/mol. The van der Waals surface area contributed by atoms with Crippen molar-refractivity contribution >= 4 is 11.6 Å². The summed E-state index contributed by atoms with van der Waals surface area (Å²) in [4.78, 5) is 16.8. The van der Waals surface area contributed by atoms with E-state index < -0.39 is 0 Å². The molecule has 2 rings (SSSR count). The molecule has 1 heterocycles. The maximum absolute atomic E-state index is 12.7. The minimum atomic E-state index is 0.000648. The number of benzene rings is 1. The number of carbonyl (C=O) groups excluding carboxylic acids is 1. The van der Waals surface area contributed by atoms with Crippen molar-refractivity contribution in [3.63, 3.8) is 0 Å². The van der Waals surface area contributed by atoms with Crippen LogP contribution in [0.25, 0.3) is 0 Å². The molecule has 1 atom stereocenters. The van der Waals surface area contributed by atoms with Crippen molar-refractivity contribution in [3.8, 4) is 5.75 Å². The lowest BCUT2D eigenvalue weighted by molar-refractivity contribution is 0.0569. The first-order valence-corrected chi connectivity index (χ1v) is 7.05. The van der Waals surface area contributed by atoms with Gasteiger partial charge in [-0.05, 0) is 33.0 Å². The molecule has 1 amide bonds. The first kappa shape index (κ1) is 14.7. The topological polar surface area (TPSA) is 58.8 Å². The van der Waals surface area contributed by atoms with E-state index in [1.165, 1.54) is 0 Å². The van der Waals surface area contributed by atoms with E-state index in [0.717, 1.165) is 19.6 Å². The van der Waals surface area contributed by atoms with E-state index in [-0.39, 0.29) is 5.91 Å². The molecule has 0 saturated carbocycles. The molecule has 1 aliphatic rings. The second-order valence-corrected chi connectivity index (χ2v) is 5.24. The van der Waals surface area contributed by atoms with Crippen LogP contribution in [-0.2, 0) is 0 Å². The predicted octanol–water partition coefficient (Wildman–Crippen LogP) is 1.44. The highest BCUT2D eigenvalue weighted by molar-refractivity contribution is 5.98. The number of ether oxygens (including phenoxy) is 1. The quantitative estimate of drug-likeness (QED) is 0.849. The van der Waals surface area contributed by atoms with E-state index in [0.29, 0.717) is 29.6 Å². The summed E-state index contributed by atoms with van der Waals surface area (Å²) >= 11 is 0. The van der Waals surface area contributed by atoms with Gasteiger partial charge in [0.05, 0.1) is 17.9 Å². The van der Waals surface area contributed by atoms with Crippen molar-refractivity contribution in [2.24, 2.45) is 0 Å². The molecule has 0 bridgehead atoms. The number of nitrogen functional groups attached to an aromatic ring is 1. The molecule has 0 radical (unpaired) electrons. The highest BCUT2D eigenvalue weighted by atomic mass is 16.5. The van der Waals surface area contributed by atoms with Gasteiger partial charge in [-0.3, -0.25) is 4.79 Å². The summed E-state index contributed by atoms with van der Waals surface area (Å²) in [5.41, 5.74) is 6.99. The highest BCUT2D eigenvalue weighted by Gasteiger charge is 2.27. The molecule has 1 aromatic carbocycles. The van der Waals surface area contributed by atoms with Crippen LogP contribution in [0.15, 0.2) is 18.2 Å². The molecule has 1 unspecified atom stereocenters. The monoisotopic (exact) mass is 277 g/mol. The van der Waals surface area contributed by atoms with Crippen LogP contribution in [0.1, 0.15) is 24.2 Å². The molecule has 5 nitrogen and oxygen atoms in total. The lowest BCUT2D eigenvalue weighted by Crippen LogP contribution is -2.52. The molecule has 1 fully saturated rings. The summed E-state index contributed by atoms with van der Waals surface area (Å²) in [6.45, 7) is 6.86. The Morgan fingerprint density at radius 3 is 2.85 bits per heavy atom. The highest BCUT2D eigenvalue weighted by Crippen LogP contribution is 2.28. The third-order valence-corrected chi connectivity index (χ3v) is 3.81. The molecule has 0 aromatic heterocycles. The van der Waals surface area contributed by atoms with Crippen molar-refractivity contribution < 1.29 is 9.53 Å². The van der Waals surface area contributed by atoms with Crippen molar-refractivity contribution in [1.82, 2.24) is 9.80 Å². The van der Waals surface area contributed by atoms with Gasteiger partial charge in [0.1, 0.15) is 0 Å². The minimum absolute atomic E-state index is 0.000648. The van der Waals surface area contributed by atoms with Crippen LogP contribution in [0.2, 0.25) is 0 Å². The third-order valence-electron chi connectivity index (χ3n) is 3.81. The summed E-state index contributed by atoms with van der Waals surface area (Å²) < 4.78 is 5.54. The molecule has 110 valence electrons. The Labute approximate surface area is 120 Å². The SMILES string of the molecule is CCOc1c(N)cccc1C(=O)N1CCN(C)C(C)C1. The molecule has 1 aromatic rings. The lowest BCUT2D eigenvalue weighted by Gasteiger charge is -2.37. The van der Waals surface area contributed by atoms with Crippen LogP contribution < -0.4 is 10.5 Å². The number of carbonyl (C=O) groups is 1. The molecule has 1 aliphatic heterocycles. The van der Waals surface area contributed by atoms with Crippen LogP contribution in [0, 0.1) is 0 Å². The average Bonchev–Trinajstić information content (AvgIpc) is 2.43. The average molecular weight is 277 g/mol. The number of hydrogen-bond donors (Lipinski definition) is 1. The summed E-state index contributed by atoms with van der Waals surface area (Å²) in [5.74, 6) is 0.507. The first-order chi connectivity index (χ1) is 9.54. The van der Waals surface area contributed by atoms with Gasteiger partial charge in [0.2, 0.25) is 0 Å². The van der Waals surface area contributed by atoms with Crippen LogP contribution >= 0.6 is 0 Å². The van der Waals surface area contributed by atoms with Gasteiger partial charge in [0.25, 0.3) is 5.91 Å². The maximum atomic E-state index is 12.7. The zero-order valence-electron chi connectivity index (χ0n) is 12.4. The van der Waals surface area contributed by atoms with E-state index in [2.05, 4.69) is 18.9 Å². The fraction of sp³-hybridized carbons (Fsp3) is 0.533. The third kappa shape index (κ3) is 2.88. The van der Waals surface area contributed by atoms with Gasteiger partial charge in [-0.2, -0.15) is 0 Å². The first-order valence-electron chi connectivity index (χ1n) is 7.05. The summed E-state index contributed by atoms with van der Waals surface area (Å²) in [7, 11) is 2.08. The second kappa shape index (κ2) is 6.13. The van der Waals surface area contributed by atoms with E-state index >= 15 is 0 Å². The van der Waals surface area contributed by atoms with Gasteiger partial charge in [0.15, 0.2) is 5.75 Å². The van der Waals surface area contributed by atoms with Gasteiger partial charge in [-0.1, -0.05) is 6.07 Å². The Kier molecular flexibility index (Phi) is 4.49. The van der Waals surface area contributed by atoms with Crippen molar-refractivity contribution in [2.75, 3.05) is 39.0 Å². The van der Waals surface area contributed by atoms with E-state index in [1.807, 2.05) is 11.8 Å². The Morgan fingerprint density at radius 2 is 2.20 bits per heavy atom. The van der Waals surface area contributed by atoms with Crippen molar-refractivity contribution in [3.05, 3.63) is 23.8 Å². The summed E-state index contributed by atoms with van der Waals surface area (Å²) in [5, 5.41) is 0. The molecule has 0 spiro atoms. The number of para-hydroxylation sites is 1. The Balaban J connectivity index is 2.23. The van der Waals surface area contributed by atoms with Crippen LogP contribution in [-0.4, -0.2) is 55.0 Å². The molecular formula is C15H23N3O2. The van der Waals surface area contributed by atoms with E-state index in [4.69, 9.17) is 10.5 Å². The van der Waals surface area contributed by atoms with Crippen molar-refractivity contribution in [1.29, 1.82) is 0 Å². The van der Waals surface area contributed by atoms with Crippen LogP contribution in [0.5, 0.6) is 5.75 Å². The standard InChI is InChI=1S/C15H23N3O2/c1-4-20-14-12(6-5-7-13(14)16)15(19)18-9-8-17(3)11(2)10-18/h5-7,11H,4,8-10,16H2,1-3H3. The Morgan fingerprint density at radius 1 is 1.45 bits per heavy atom. The Bertz CT molecular complexity index is 490. The van der Waals surface area contributed by atoms with E-state index in [1.54, 1.807) is 18.2 Å². The minimum Gasteiger partial charge on any atom is -0.491 e. The number of rotatable bonds is 3. The zero-order valence-corrected chi connectivity index (χ0v) is 12.4. The maximum Gasteiger partial charge on any atom is 0.257 e. The molecule has 1 saturated heterocycles. The smallest absolute Gasteiger partial charge is 0.257 e. The normalized spacial score (nSPS) is 19.9. The molecule has 20 heavy (non-hydrogen) atoms. The fourth-order valence-electron chi connectivity index (χ4n) is 2.43. The van der Waals surface area contributed by atoms with Gasteiger partial charge < -0.3 is 20.3 Å². The number of amides is 1. The molecule has 5 heteroatoms. The fourth-order valence-corrected chi connectivity index (χ4v) is 2.43. The molecular weight excluding hydrogens is 254 g/mol. The number of hydrogen-bond acceptors (Lipinski definition) is 4. The largest absolute Gasteiger partial charge is 0.491 e. The summed E-state index contributed by atoms with van der Waals surface area (Å²) in [6.07, 6.45) is 0. The number of piperazine rings is 1. The van der Waals surface area contributed by atoms with Crippen LogP contribution in [0.4, 0.5) is 5.69 Å². The summed E-state index contributed by atoms with van der Waals surface area (Å²) in [6, 6.07) is 5.70. The molecule has 0 aliphatic carbocycles. The number of likely N-dealkylation sites (N-methyl/N-ethyl adjacent to an activating group) is 1. The van der Waals surface area contributed by atoms with Crippen molar-refractivity contribution in [2.45, 2.75) is 19.9 Å². The number of anilines is 1. The van der Waals surface area contributed by atoms with E-state index in [9.17, 15) is 4.79 Å². The van der Waals surface area contributed by atoms with Gasteiger partial charge in [0, 0.05) is 25.7 Å². The second-order valence-electron chi connectivity index (χ2n) is 5.24. The lowest BCUT2D eigenvalue weighted by atomic mass is 10.1. The van der Waals surface area contributed by atoms with Gasteiger partial charge in [-0.15, -0.1) is 0 Å². The molecule has 2 N–H and O–H groups in total. The zero-order chi connectivity index (χ0) is 14.7. The number of nitrogens with zero attached hydrogens (tertiary/aromatic N) is 2. The van der Waals surface area contributed by atoms with Gasteiger partial charge in [-0.25, -0.2) is 0 Å². The van der Waals surface area contributed by atoms with Crippen LogP contribution in [0.3, 0.4) is 0 Å². The number of nitrogens with two attached hydrogens (primary N) is 1. The van der Waals surface area contributed by atoms with Gasteiger partial charge >= 0.3 is 0 Å².